The molecule has 176 valence electrons. The van der Waals surface area contributed by atoms with E-state index in [0.29, 0.717) is 11.1 Å². The predicted octanol–water partition coefficient (Wildman–Crippen LogP) is 3.42. The summed E-state index contributed by atoms with van der Waals surface area (Å²) in [6, 6.07) is 11.0. The van der Waals surface area contributed by atoms with Crippen LogP contribution in [0.15, 0.2) is 48.5 Å². The van der Waals surface area contributed by atoms with Crippen LogP contribution < -0.4 is 10.6 Å². The Kier molecular flexibility index (Phi) is 8.73. The average Bonchev–Trinajstić information content (AvgIpc) is 2.75. The minimum atomic E-state index is -1.14. The normalized spacial score (nSPS) is 12.8. The Morgan fingerprint density at radius 1 is 0.727 bits per heavy atom. The van der Waals surface area contributed by atoms with Crippen molar-refractivity contribution < 1.29 is 29.4 Å². The Bertz CT molecular complexity index is 1030. The van der Waals surface area contributed by atoms with Gasteiger partial charge in [-0.05, 0) is 41.5 Å². The summed E-state index contributed by atoms with van der Waals surface area (Å²) in [6.07, 6.45) is 0.272. The monoisotopic (exact) mass is 454 g/mol. The highest BCUT2D eigenvalue weighted by molar-refractivity contribution is 6.07. The van der Waals surface area contributed by atoms with E-state index in [9.17, 15) is 29.4 Å². The van der Waals surface area contributed by atoms with Gasteiger partial charge in [-0.3, -0.25) is 9.59 Å². The number of amides is 2. The summed E-state index contributed by atoms with van der Waals surface area (Å²) in [5.74, 6) is -3.67. The van der Waals surface area contributed by atoms with Crippen molar-refractivity contribution in [1.29, 1.82) is 0 Å². The predicted molar refractivity (Wildman–Crippen MR) is 124 cm³/mol. The van der Waals surface area contributed by atoms with Gasteiger partial charge in [0.05, 0.1) is 0 Å². The van der Waals surface area contributed by atoms with Crippen molar-refractivity contribution in [3.05, 3.63) is 59.7 Å². The maximum absolute atomic E-state index is 13.0. The molecule has 0 spiro atoms. The van der Waals surface area contributed by atoms with Crippen molar-refractivity contribution in [2.75, 3.05) is 0 Å². The highest BCUT2D eigenvalue weighted by Crippen LogP contribution is 2.28. The molecule has 0 aliphatic rings. The van der Waals surface area contributed by atoms with Gasteiger partial charge in [-0.15, -0.1) is 0 Å². The molecule has 0 aromatic heterocycles. The molecular formula is C25H30N2O6. The van der Waals surface area contributed by atoms with Crippen LogP contribution in [0.5, 0.6) is 0 Å². The van der Waals surface area contributed by atoms with E-state index in [0.717, 1.165) is 0 Å². The van der Waals surface area contributed by atoms with Crippen molar-refractivity contribution in [1.82, 2.24) is 10.6 Å². The van der Waals surface area contributed by atoms with Crippen LogP contribution in [0.2, 0.25) is 0 Å². The molecule has 0 heterocycles. The molecule has 8 nitrogen and oxygen atoms in total. The summed E-state index contributed by atoms with van der Waals surface area (Å²) in [6.45, 7) is 7.13. The van der Waals surface area contributed by atoms with Gasteiger partial charge < -0.3 is 20.8 Å². The second kappa shape index (κ2) is 11.3. The van der Waals surface area contributed by atoms with Crippen LogP contribution in [-0.2, 0) is 9.59 Å². The first kappa shape index (κ1) is 25.6. The van der Waals surface area contributed by atoms with E-state index < -0.39 is 35.8 Å². The molecule has 2 unspecified atom stereocenters. The molecule has 0 bridgehead atoms. The van der Waals surface area contributed by atoms with Gasteiger partial charge in [-0.2, -0.15) is 0 Å². The van der Waals surface area contributed by atoms with Gasteiger partial charge in [0, 0.05) is 11.1 Å². The smallest absolute Gasteiger partial charge is 0.326 e. The Morgan fingerprint density at radius 3 is 1.58 bits per heavy atom. The highest BCUT2D eigenvalue weighted by Gasteiger charge is 2.27. The number of carbonyl (C=O) groups is 4. The molecule has 2 aromatic rings. The fourth-order valence-electron chi connectivity index (χ4n) is 3.49. The third-order valence-corrected chi connectivity index (χ3v) is 5.16. The van der Waals surface area contributed by atoms with Crippen LogP contribution in [0, 0.1) is 11.8 Å². The van der Waals surface area contributed by atoms with Gasteiger partial charge >= 0.3 is 11.9 Å². The number of carboxylic acids is 2. The van der Waals surface area contributed by atoms with Crippen molar-refractivity contribution in [2.24, 2.45) is 11.8 Å². The lowest BCUT2D eigenvalue weighted by Gasteiger charge is -2.20. The fourth-order valence-corrected chi connectivity index (χ4v) is 3.49. The van der Waals surface area contributed by atoms with Gasteiger partial charge in [0.2, 0.25) is 0 Å². The van der Waals surface area contributed by atoms with E-state index >= 15 is 0 Å². The van der Waals surface area contributed by atoms with Crippen LogP contribution in [0.25, 0.3) is 11.1 Å². The lowest BCUT2D eigenvalue weighted by atomic mass is 9.93. The number of hydrogen-bond acceptors (Lipinski definition) is 4. The van der Waals surface area contributed by atoms with Crippen LogP contribution in [0.3, 0.4) is 0 Å². The standard InChI is InChI=1S/C25H30N2O6/c1-14(2)13-20(24(30)31)26-22(28)18-11-7-5-9-16(18)17-10-6-8-12-19(17)23(29)27-21(15(3)4)25(32)33/h5-12,14-15,20-21H,13H2,1-4H3,(H,26,28)(H,27,29)(H,30,31)(H,32,33). The van der Waals surface area contributed by atoms with E-state index in [1.165, 1.54) is 0 Å². The molecule has 0 aliphatic carbocycles. The minimum Gasteiger partial charge on any atom is -0.480 e. The second-order valence-corrected chi connectivity index (χ2v) is 8.62. The van der Waals surface area contributed by atoms with Crippen molar-refractivity contribution >= 4 is 23.8 Å². The molecule has 0 radical (unpaired) electrons. The first-order valence-electron chi connectivity index (χ1n) is 10.8. The molecule has 8 heteroatoms. The average molecular weight is 455 g/mol. The maximum Gasteiger partial charge on any atom is 0.326 e. The van der Waals surface area contributed by atoms with Crippen LogP contribution in [0.4, 0.5) is 0 Å². The molecule has 2 atom stereocenters. The molecule has 0 aliphatic heterocycles. The van der Waals surface area contributed by atoms with Crippen LogP contribution >= 0.6 is 0 Å². The van der Waals surface area contributed by atoms with E-state index in [2.05, 4.69) is 10.6 Å². The quantitative estimate of drug-likeness (QED) is 0.435. The van der Waals surface area contributed by atoms with Gasteiger partial charge in [0.1, 0.15) is 12.1 Å². The number of benzene rings is 2. The molecule has 2 amide bonds. The van der Waals surface area contributed by atoms with Crippen LogP contribution in [-0.4, -0.2) is 46.0 Å². The summed E-state index contributed by atoms with van der Waals surface area (Å²) in [4.78, 5) is 49.1. The Morgan fingerprint density at radius 2 is 1.18 bits per heavy atom. The highest BCUT2D eigenvalue weighted by atomic mass is 16.4. The van der Waals surface area contributed by atoms with Crippen molar-refractivity contribution in [3.63, 3.8) is 0 Å². The molecule has 2 rings (SSSR count). The van der Waals surface area contributed by atoms with E-state index in [-0.39, 0.29) is 29.4 Å². The number of nitrogens with one attached hydrogen (secondary N) is 2. The van der Waals surface area contributed by atoms with E-state index in [4.69, 9.17) is 0 Å². The first-order chi connectivity index (χ1) is 15.5. The molecule has 4 N–H and O–H groups in total. The topological polar surface area (TPSA) is 133 Å². The zero-order valence-corrected chi connectivity index (χ0v) is 19.2. The first-order valence-corrected chi connectivity index (χ1v) is 10.8. The summed E-state index contributed by atoms with van der Waals surface area (Å²) in [7, 11) is 0. The maximum atomic E-state index is 13.0. The van der Waals surface area contributed by atoms with Crippen LogP contribution in [0.1, 0.15) is 54.8 Å². The summed E-state index contributed by atoms with van der Waals surface area (Å²) < 4.78 is 0. The third-order valence-electron chi connectivity index (χ3n) is 5.16. The zero-order valence-electron chi connectivity index (χ0n) is 19.2. The zero-order chi connectivity index (χ0) is 24.7. The van der Waals surface area contributed by atoms with Crippen molar-refractivity contribution in [3.8, 4) is 11.1 Å². The van der Waals surface area contributed by atoms with Gasteiger partial charge in [-0.1, -0.05) is 64.1 Å². The SMILES string of the molecule is CC(C)CC(NC(=O)c1ccccc1-c1ccccc1C(=O)NC(C(=O)O)C(C)C)C(=O)O. The van der Waals surface area contributed by atoms with E-state index in [1.807, 2.05) is 13.8 Å². The fraction of sp³-hybridized carbons (Fsp3) is 0.360. The largest absolute Gasteiger partial charge is 0.480 e. The van der Waals surface area contributed by atoms with Gasteiger partial charge in [0.25, 0.3) is 11.8 Å². The Balaban J connectivity index is 2.44. The Hall–Kier alpha value is -3.68. The molecular weight excluding hydrogens is 424 g/mol. The van der Waals surface area contributed by atoms with Crippen molar-refractivity contribution in [2.45, 2.75) is 46.2 Å². The molecule has 0 fully saturated rings. The summed E-state index contributed by atoms with van der Waals surface area (Å²) in [5, 5.41) is 24.0. The molecule has 0 saturated heterocycles. The number of hydrogen-bond donors (Lipinski definition) is 4. The van der Waals surface area contributed by atoms with Gasteiger partial charge in [-0.25, -0.2) is 9.59 Å². The lowest BCUT2D eigenvalue weighted by Crippen LogP contribution is -2.44. The summed E-state index contributed by atoms with van der Waals surface area (Å²) >= 11 is 0. The molecule has 2 aromatic carbocycles. The molecule has 33 heavy (non-hydrogen) atoms. The van der Waals surface area contributed by atoms with E-state index in [1.54, 1.807) is 62.4 Å². The number of carbonyl (C=O) groups excluding carboxylic acids is 2. The second-order valence-electron chi connectivity index (χ2n) is 8.62. The Labute approximate surface area is 193 Å². The lowest BCUT2D eigenvalue weighted by molar-refractivity contribution is -0.141. The number of carboxylic acid groups (broad SMARTS) is 2. The number of rotatable bonds is 10. The minimum absolute atomic E-state index is 0.0641. The number of aliphatic carboxylic acids is 2. The molecule has 0 saturated carbocycles. The summed E-state index contributed by atoms with van der Waals surface area (Å²) in [5.41, 5.74) is 1.29. The van der Waals surface area contributed by atoms with Gasteiger partial charge in [0.15, 0.2) is 0 Å². The third kappa shape index (κ3) is 6.65.